The summed E-state index contributed by atoms with van der Waals surface area (Å²) in [6, 6.07) is 7.42. The van der Waals surface area contributed by atoms with Crippen LogP contribution in [0.1, 0.15) is 20.8 Å². The van der Waals surface area contributed by atoms with Crippen molar-refractivity contribution >= 4 is 22.9 Å². The molecule has 1 aromatic heterocycles. The van der Waals surface area contributed by atoms with Crippen LogP contribution in [-0.4, -0.2) is 28.0 Å². The molecule has 2 aromatic rings. The predicted octanol–water partition coefficient (Wildman–Crippen LogP) is 1.76. The minimum atomic E-state index is -0.520. The Morgan fingerprint density at radius 3 is 2.70 bits per heavy atom. The number of benzene rings is 1. The molecule has 0 aliphatic carbocycles. The summed E-state index contributed by atoms with van der Waals surface area (Å²) >= 11 is 0. The summed E-state index contributed by atoms with van der Waals surface area (Å²) in [5.74, 6) is 0.669. The van der Waals surface area contributed by atoms with E-state index < -0.39 is 6.04 Å². The molecule has 0 saturated carbocycles. The number of hydrogen-bond acceptors (Lipinski definition) is 3. The first kappa shape index (κ1) is 13.1. The highest BCUT2D eigenvalue weighted by Gasteiger charge is 2.36. The Kier molecular flexibility index (Phi) is 2.83. The second-order valence-corrected chi connectivity index (χ2v) is 6.39. The molecule has 1 atom stereocenters. The van der Waals surface area contributed by atoms with Gasteiger partial charge in [-0.3, -0.25) is 9.69 Å². The Bertz CT molecular complexity index is 668. The normalized spacial score (nSPS) is 16.5. The van der Waals surface area contributed by atoms with Crippen LogP contribution in [0.2, 0.25) is 0 Å². The van der Waals surface area contributed by atoms with Crippen molar-refractivity contribution in [2.45, 2.75) is 33.4 Å². The van der Waals surface area contributed by atoms with Crippen molar-refractivity contribution in [3.05, 3.63) is 24.3 Å². The molecule has 2 N–H and O–H groups in total. The summed E-state index contributed by atoms with van der Waals surface area (Å²) < 4.78 is 2.09. The minimum Gasteiger partial charge on any atom is -0.319 e. The molecule has 5 heteroatoms. The number of hydrogen-bond donors (Lipinski definition) is 1. The fourth-order valence-electron chi connectivity index (χ4n) is 2.54. The molecule has 106 valence electrons. The molecule has 5 nitrogen and oxygen atoms in total. The van der Waals surface area contributed by atoms with Gasteiger partial charge in [-0.1, -0.05) is 32.9 Å². The number of carbonyl (C=O) groups excluding carboxylic acids is 1. The van der Waals surface area contributed by atoms with Gasteiger partial charge in [-0.15, -0.1) is 0 Å². The number of para-hydroxylation sites is 2. The third kappa shape index (κ3) is 1.89. The Morgan fingerprint density at radius 1 is 1.30 bits per heavy atom. The lowest BCUT2D eigenvalue weighted by Gasteiger charge is -2.28. The Labute approximate surface area is 118 Å². The van der Waals surface area contributed by atoms with Gasteiger partial charge in [0.2, 0.25) is 11.9 Å². The fourth-order valence-corrected chi connectivity index (χ4v) is 2.54. The second-order valence-electron chi connectivity index (χ2n) is 6.39. The maximum absolute atomic E-state index is 12.6. The van der Waals surface area contributed by atoms with Crippen molar-refractivity contribution in [2.75, 3.05) is 11.4 Å². The minimum absolute atomic E-state index is 0.0495. The number of anilines is 1. The van der Waals surface area contributed by atoms with E-state index in [0.29, 0.717) is 6.54 Å². The largest absolute Gasteiger partial charge is 0.319 e. The van der Waals surface area contributed by atoms with E-state index in [1.807, 2.05) is 45.0 Å². The van der Waals surface area contributed by atoms with Crippen molar-refractivity contribution in [3.8, 4) is 0 Å². The highest BCUT2D eigenvalue weighted by molar-refractivity contribution is 5.98. The molecule has 1 aliphatic heterocycles. The van der Waals surface area contributed by atoms with Gasteiger partial charge < -0.3 is 10.3 Å². The molecule has 3 rings (SSSR count). The van der Waals surface area contributed by atoms with Crippen LogP contribution in [0.25, 0.3) is 11.0 Å². The average Bonchev–Trinajstić information content (AvgIpc) is 2.94. The van der Waals surface area contributed by atoms with Gasteiger partial charge in [-0.2, -0.15) is 0 Å². The van der Waals surface area contributed by atoms with Crippen molar-refractivity contribution < 1.29 is 4.79 Å². The van der Waals surface area contributed by atoms with E-state index in [4.69, 9.17) is 5.73 Å². The molecule has 1 aliphatic rings. The van der Waals surface area contributed by atoms with Gasteiger partial charge in [0.15, 0.2) is 0 Å². The molecule has 2 heterocycles. The summed E-state index contributed by atoms with van der Waals surface area (Å²) in [5.41, 5.74) is 7.84. The van der Waals surface area contributed by atoms with Crippen LogP contribution in [0.4, 0.5) is 5.95 Å². The van der Waals surface area contributed by atoms with Gasteiger partial charge in [0.1, 0.15) is 0 Å². The molecule has 1 aromatic carbocycles. The molecule has 1 amide bonds. The monoisotopic (exact) mass is 272 g/mol. The molecule has 0 fully saturated rings. The Hall–Kier alpha value is -1.88. The van der Waals surface area contributed by atoms with E-state index in [9.17, 15) is 4.79 Å². The molecular formula is C15H20N4O. The van der Waals surface area contributed by atoms with Crippen LogP contribution < -0.4 is 10.6 Å². The first-order valence-electron chi connectivity index (χ1n) is 6.92. The summed E-state index contributed by atoms with van der Waals surface area (Å²) in [4.78, 5) is 18.9. The van der Waals surface area contributed by atoms with E-state index in [0.717, 1.165) is 23.5 Å². The molecule has 0 bridgehead atoms. The molecule has 0 unspecified atom stereocenters. The lowest BCUT2D eigenvalue weighted by atomic mass is 9.86. The number of imidazole rings is 1. The smallest absolute Gasteiger partial charge is 0.246 e. The van der Waals surface area contributed by atoms with Crippen LogP contribution in [-0.2, 0) is 11.3 Å². The van der Waals surface area contributed by atoms with Crippen molar-refractivity contribution in [2.24, 2.45) is 11.1 Å². The van der Waals surface area contributed by atoms with Crippen LogP contribution in [0.3, 0.4) is 0 Å². The van der Waals surface area contributed by atoms with E-state index in [-0.39, 0.29) is 11.3 Å². The second kappa shape index (κ2) is 4.31. The first-order chi connectivity index (χ1) is 9.39. The van der Waals surface area contributed by atoms with E-state index in [1.165, 1.54) is 0 Å². The Morgan fingerprint density at radius 2 is 2.00 bits per heavy atom. The van der Waals surface area contributed by atoms with Crippen LogP contribution in [0.5, 0.6) is 0 Å². The zero-order valence-corrected chi connectivity index (χ0v) is 12.1. The SMILES string of the molecule is CC(C)(C)[C@H](N)C(=O)N1CCn2c1nc1ccccc12. The van der Waals surface area contributed by atoms with Crippen molar-refractivity contribution in [1.29, 1.82) is 0 Å². The van der Waals surface area contributed by atoms with Gasteiger partial charge in [0, 0.05) is 13.1 Å². The number of carbonyl (C=O) groups is 1. The number of amides is 1. The third-order valence-electron chi connectivity index (χ3n) is 3.89. The highest BCUT2D eigenvalue weighted by atomic mass is 16.2. The van der Waals surface area contributed by atoms with Gasteiger partial charge in [-0.25, -0.2) is 4.98 Å². The number of aromatic nitrogens is 2. The summed E-state index contributed by atoms with van der Waals surface area (Å²) in [6.07, 6.45) is 0. The lowest BCUT2D eigenvalue weighted by Crippen LogP contribution is -2.50. The molecule has 0 radical (unpaired) electrons. The van der Waals surface area contributed by atoms with E-state index in [1.54, 1.807) is 4.90 Å². The van der Waals surface area contributed by atoms with Gasteiger partial charge in [-0.05, 0) is 17.5 Å². The quantitative estimate of drug-likeness (QED) is 0.860. The van der Waals surface area contributed by atoms with Crippen molar-refractivity contribution in [3.63, 3.8) is 0 Å². The standard InChI is InChI=1S/C15H20N4O/c1-15(2,3)12(16)13(20)19-9-8-18-11-7-5-4-6-10(11)17-14(18)19/h4-7,12H,8-9,16H2,1-3H3/t12-/m1/s1. The van der Waals surface area contributed by atoms with Gasteiger partial charge in [0.05, 0.1) is 17.1 Å². The fraction of sp³-hybridized carbons (Fsp3) is 0.467. The van der Waals surface area contributed by atoms with E-state index >= 15 is 0 Å². The molecule has 0 saturated heterocycles. The zero-order valence-electron chi connectivity index (χ0n) is 12.1. The number of nitrogens with zero attached hydrogens (tertiary/aromatic N) is 3. The average molecular weight is 272 g/mol. The van der Waals surface area contributed by atoms with Crippen LogP contribution >= 0.6 is 0 Å². The van der Waals surface area contributed by atoms with E-state index in [2.05, 4.69) is 9.55 Å². The van der Waals surface area contributed by atoms with Gasteiger partial charge in [0.25, 0.3) is 0 Å². The predicted molar refractivity (Wildman–Crippen MR) is 79.5 cm³/mol. The first-order valence-corrected chi connectivity index (χ1v) is 6.92. The summed E-state index contributed by atoms with van der Waals surface area (Å²) in [6.45, 7) is 7.37. The summed E-state index contributed by atoms with van der Waals surface area (Å²) in [7, 11) is 0. The molecular weight excluding hydrogens is 252 g/mol. The van der Waals surface area contributed by atoms with Crippen LogP contribution in [0.15, 0.2) is 24.3 Å². The highest BCUT2D eigenvalue weighted by Crippen LogP contribution is 2.29. The third-order valence-corrected chi connectivity index (χ3v) is 3.89. The molecule has 0 spiro atoms. The van der Waals surface area contributed by atoms with Crippen LogP contribution in [0, 0.1) is 5.41 Å². The maximum atomic E-state index is 12.6. The number of nitrogens with two attached hydrogens (primary N) is 1. The topological polar surface area (TPSA) is 64.2 Å². The number of rotatable bonds is 1. The lowest BCUT2D eigenvalue weighted by molar-refractivity contribution is -0.121. The zero-order chi connectivity index (χ0) is 14.5. The van der Waals surface area contributed by atoms with Gasteiger partial charge >= 0.3 is 0 Å². The maximum Gasteiger partial charge on any atom is 0.246 e. The van der Waals surface area contributed by atoms with Crippen molar-refractivity contribution in [1.82, 2.24) is 9.55 Å². The number of fused-ring (bicyclic) bond motifs is 3. The summed E-state index contributed by atoms with van der Waals surface area (Å²) in [5, 5.41) is 0. The molecule has 20 heavy (non-hydrogen) atoms. The Balaban J connectivity index is 1.99.